The van der Waals surface area contributed by atoms with Gasteiger partial charge in [-0.3, -0.25) is 0 Å². The van der Waals surface area contributed by atoms with E-state index in [9.17, 15) is 4.39 Å². The van der Waals surface area contributed by atoms with Gasteiger partial charge < -0.3 is 13.9 Å². The Hall–Kier alpha value is -3.00. The Balaban J connectivity index is 2.12. The summed E-state index contributed by atoms with van der Waals surface area (Å²) in [6.45, 7) is 0. The standard InChI is InChI=1S/C16H11FN2O2/c1-20-14-4-2-3-5-15(14)21-16-7-12(17)10-19-9-11(8-18)6-13(16)19/h2-7,9-10H,1H3. The summed E-state index contributed by atoms with van der Waals surface area (Å²) >= 11 is 0. The molecule has 2 aromatic heterocycles. The van der Waals surface area contributed by atoms with Crippen LogP contribution in [0, 0.1) is 17.1 Å². The Bertz CT molecular complexity index is 849. The smallest absolute Gasteiger partial charge is 0.169 e. The van der Waals surface area contributed by atoms with Gasteiger partial charge in [0.25, 0.3) is 0 Å². The number of aromatic nitrogens is 1. The summed E-state index contributed by atoms with van der Waals surface area (Å²) in [4.78, 5) is 0. The van der Waals surface area contributed by atoms with Gasteiger partial charge >= 0.3 is 0 Å². The van der Waals surface area contributed by atoms with Crippen molar-refractivity contribution in [3.63, 3.8) is 0 Å². The number of para-hydroxylation sites is 2. The molecule has 0 unspecified atom stereocenters. The lowest BCUT2D eigenvalue weighted by atomic mass is 10.3. The molecule has 0 N–H and O–H groups in total. The van der Waals surface area contributed by atoms with E-state index < -0.39 is 5.82 Å². The van der Waals surface area contributed by atoms with E-state index in [0.717, 1.165) is 0 Å². The van der Waals surface area contributed by atoms with Gasteiger partial charge in [0.15, 0.2) is 17.2 Å². The van der Waals surface area contributed by atoms with Crippen LogP contribution < -0.4 is 9.47 Å². The van der Waals surface area contributed by atoms with E-state index >= 15 is 0 Å². The fourth-order valence-corrected chi connectivity index (χ4v) is 2.12. The van der Waals surface area contributed by atoms with Crippen LogP contribution in [0.15, 0.2) is 48.8 Å². The van der Waals surface area contributed by atoms with E-state index in [-0.39, 0.29) is 0 Å². The highest BCUT2D eigenvalue weighted by Gasteiger charge is 2.11. The predicted molar refractivity (Wildman–Crippen MR) is 75.1 cm³/mol. The molecule has 0 amide bonds. The quantitative estimate of drug-likeness (QED) is 0.735. The molecule has 3 aromatic rings. The summed E-state index contributed by atoms with van der Waals surface area (Å²) in [5.74, 6) is 0.896. The minimum absolute atomic E-state index is 0.320. The van der Waals surface area contributed by atoms with Crippen LogP contribution in [0.25, 0.3) is 5.52 Å². The van der Waals surface area contributed by atoms with Crippen LogP contribution in [0.1, 0.15) is 5.56 Å². The molecular weight excluding hydrogens is 271 g/mol. The molecule has 0 saturated carbocycles. The van der Waals surface area contributed by atoms with E-state index in [1.165, 1.54) is 23.8 Å². The number of benzene rings is 1. The molecule has 3 rings (SSSR count). The van der Waals surface area contributed by atoms with Crippen LogP contribution in [0.5, 0.6) is 17.2 Å². The Labute approximate surface area is 120 Å². The van der Waals surface area contributed by atoms with E-state index in [0.29, 0.717) is 28.3 Å². The van der Waals surface area contributed by atoms with Gasteiger partial charge in [0.05, 0.1) is 18.2 Å². The molecule has 0 atom stereocenters. The first-order chi connectivity index (χ1) is 10.2. The molecule has 0 spiro atoms. The lowest BCUT2D eigenvalue weighted by molar-refractivity contribution is 0.379. The number of hydrogen-bond donors (Lipinski definition) is 0. The largest absolute Gasteiger partial charge is 0.493 e. The number of ether oxygens (including phenoxy) is 2. The topological polar surface area (TPSA) is 46.7 Å². The summed E-state index contributed by atoms with van der Waals surface area (Å²) in [6, 6.07) is 12.1. The lowest BCUT2D eigenvalue weighted by Crippen LogP contribution is -1.93. The molecule has 0 aliphatic heterocycles. The number of pyridine rings is 1. The van der Waals surface area contributed by atoms with E-state index in [4.69, 9.17) is 14.7 Å². The lowest BCUT2D eigenvalue weighted by Gasteiger charge is -2.11. The zero-order chi connectivity index (χ0) is 14.8. The van der Waals surface area contributed by atoms with Gasteiger partial charge in [0.2, 0.25) is 0 Å². The first-order valence-corrected chi connectivity index (χ1v) is 6.23. The zero-order valence-corrected chi connectivity index (χ0v) is 11.2. The molecular formula is C16H11FN2O2. The second-order valence-electron chi connectivity index (χ2n) is 4.41. The predicted octanol–water partition coefficient (Wildman–Crippen LogP) is 3.75. The van der Waals surface area contributed by atoms with Gasteiger partial charge in [-0.05, 0) is 18.2 Å². The van der Waals surface area contributed by atoms with Crippen LogP contribution in [0.3, 0.4) is 0 Å². The number of methoxy groups -OCH3 is 1. The number of fused-ring (bicyclic) bond motifs is 1. The maximum atomic E-state index is 13.7. The molecule has 0 aliphatic carbocycles. The SMILES string of the molecule is COc1ccccc1Oc1cc(F)cn2cc(C#N)cc12. The van der Waals surface area contributed by atoms with Gasteiger partial charge in [0.1, 0.15) is 11.9 Å². The molecule has 5 heteroatoms. The fourth-order valence-electron chi connectivity index (χ4n) is 2.12. The van der Waals surface area contributed by atoms with Crippen molar-refractivity contribution in [2.45, 2.75) is 0 Å². The number of rotatable bonds is 3. The van der Waals surface area contributed by atoms with Gasteiger partial charge in [-0.15, -0.1) is 0 Å². The third kappa shape index (κ3) is 2.39. The highest BCUT2D eigenvalue weighted by molar-refractivity contribution is 5.65. The van der Waals surface area contributed by atoms with E-state index in [1.807, 2.05) is 12.1 Å². The number of nitrogens with zero attached hydrogens (tertiary/aromatic N) is 2. The van der Waals surface area contributed by atoms with Crippen LogP contribution >= 0.6 is 0 Å². The third-order valence-electron chi connectivity index (χ3n) is 3.05. The summed E-state index contributed by atoms with van der Waals surface area (Å²) in [5.41, 5.74) is 1.05. The normalized spacial score (nSPS) is 10.3. The zero-order valence-electron chi connectivity index (χ0n) is 11.2. The van der Waals surface area contributed by atoms with Crippen molar-refractivity contribution in [2.24, 2.45) is 0 Å². The minimum Gasteiger partial charge on any atom is -0.493 e. The highest BCUT2D eigenvalue weighted by atomic mass is 19.1. The van der Waals surface area contributed by atoms with Crippen LogP contribution in [0.2, 0.25) is 0 Å². The molecule has 0 radical (unpaired) electrons. The van der Waals surface area contributed by atoms with Gasteiger partial charge in [-0.25, -0.2) is 4.39 Å². The molecule has 0 fully saturated rings. The average molecular weight is 282 g/mol. The Morgan fingerprint density at radius 2 is 1.86 bits per heavy atom. The first kappa shape index (κ1) is 13.0. The minimum atomic E-state index is -0.451. The summed E-state index contributed by atoms with van der Waals surface area (Å²) in [5, 5.41) is 8.95. The van der Waals surface area contributed by atoms with Crippen molar-refractivity contribution in [2.75, 3.05) is 7.11 Å². The Morgan fingerprint density at radius 1 is 1.10 bits per heavy atom. The molecule has 4 nitrogen and oxygen atoms in total. The second-order valence-corrected chi connectivity index (χ2v) is 4.41. The van der Waals surface area contributed by atoms with Crippen LogP contribution in [-0.2, 0) is 0 Å². The summed E-state index contributed by atoms with van der Waals surface area (Å²) in [7, 11) is 1.54. The highest BCUT2D eigenvalue weighted by Crippen LogP contribution is 2.34. The van der Waals surface area contributed by atoms with Crippen molar-refractivity contribution >= 4 is 5.52 Å². The first-order valence-electron chi connectivity index (χ1n) is 6.23. The maximum absolute atomic E-state index is 13.7. The Morgan fingerprint density at radius 3 is 2.57 bits per heavy atom. The second kappa shape index (κ2) is 5.17. The van der Waals surface area contributed by atoms with Gasteiger partial charge in [-0.2, -0.15) is 5.26 Å². The summed E-state index contributed by atoms with van der Waals surface area (Å²) < 4.78 is 26.2. The summed E-state index contributed by atoms with van der Waals surface area (Å²) in [6.07, 6.45) is 2.85. The van der Waals surface area contributed by atoms with Crippen molar-refractivity contribution in [1.29, 1.82) is 5.26 Å². The molecule has 0 saturated heterocycles. The van der Waals surface area contributed by atoms with Crippen molar-refractivity contribution in [3.8, 4) is 23.3 Å². The molecule has 1 aromatic carbocycles. The molecule has 104 valence electrons. The van der Waals surface area contributed by atoms with Crippen molar-refractivity contribution in [3.05, 3.63) is 60.2 Å². The average Bonchev–Trinajstić information content (AvgIpc) is 2.91. The number of halogens is 1. The number of nitriles is 1. The Kier molecular flexibility index (Phi) is 3.20. The maximum Gasteiger partial charge on any atom is 0.169 e. The number of hydrogen-bond acceptors (Lipinski definition) is 3. The van der Waals surface area contributed by atoms with Crippen molar-refractivity contribution in [1.82, 2.24) is 4.40 Å². The van der Waals surface area contributed by atoms with Crippen LogP contribution in [0.4, 0.5) is 4.39 Å². The molecule has 0 bridgehead atoms. The van der Waals surface area contributed by atoms with Crippen LogP contribution in [-0.4, -0.2) is 11.5 Å². The molecule has 2 heterocycles. The van der Waals surface area contributed by atoms with E-state index in [2.05, 4.69) is 0 Å². The monoisotopic (exact) mass is 282 g/mol. The van der Waals surface area contributed by atoms with E-state index in [1.54, 1.807) is 30.5 Å². The molecule has 21 heavy (non-hydrogen) atoms. The fraction of sp³-hybridized carbons (Fsp3) is 0.0625. The van der Waals surface area contributed by atoms with Gasteiger partial charge in [0, 0.05) is 18.5 Å². The molecule has 0 aliphatic rings. The van der Waals surface area contributed by atoms with Gasteiger partial charge in [-0.1, -0.05) is 12.1 Å². The third-order valence-corrected chi connectivity index (χ3v) is 3.05. The van der Waals surface area contributed by atoms with Crippen molar-refractivity contribution < 1.29 is 13.9 Å².